The first-order valence-electron chi connectivity index (χ1n) is 7.28. The number of carbonyl (C=O) groups is 2. The van der Waals surface area contributed by atoms with Crippen LogP contribution in [0, 0.1) is 16.0 Å². The number of nitrogens with zero attached hydrogens (tertiary/aromatic N) is 3. The topological polar surface area (TPSA) is 127 Å². The lowest BCUT2D eigenvalue weighted by Gasteiger charge is -2.14. The number of hydrogen-bond donors (Lipinski definition) is 2. The molecule has 1 aliphatic rings. The summed E-state index contributed by atoms with van der Waals surface area (Å²) in [7, 11) is 0. The molecule has 2 aromatic rings. The Bertz CT molecular complexity index is 798. The zero-order valence-corrected chi connectivity index (χ0v) is 12.5. The van der Waals surface area contributed by atoms with E-state index in [1.807, 2.05) is 0 Å². The van der Waals surface area contributed by atoms with Crippen LogP contribution in [0.4, 0.5) is 5.69 Å². The van der Waals surface area contributed by atoms with Gasteiger partial charge in [-0.1, -0.05) is 0 Å². The van der Waals surface area contributed by atoms with Crippen LogP contribution >= 0.6 is 0 Å². The molecule has 1 aromatic heterocycles. The van der Waals surface area contributed by atoms with Gasteiger partial charge in [0, 0.05) is 24.0 Å². The first-order valence-corrected chi connectivity index (χ1v) is 7.28. The van der Waals surface area contributed by atoms with Crippen molar-refractivity contribution in [3.8, 4) is 5.69 Å². The van der Waals surface area contributed by atoms with Crippen molar-refractivity contribution in [1.29, 1.82) is 0 Å². The SMILES string of the molecule is O=C(NC(C(=O)O)C1CC1)c1ccc(-n2ccnc2)c([N+](=O)[O-])c1. The van der Waals surface area contributed by atoms with Gasteiger partial charge in [-0.15, -0.1) is 0 Å². The number of carboxylic acids is 1. The van der Waals surface area contributed by atoms with Gasteiger partial charge in [-0.05, 0) is 30.9 Å². The van der Waals surface area contributed by atoms with Gasteiger partial charge in [0.15, 0.2) is 0 Å². The molecule has 0 aliphatic heterocycles. The summed E-state index contributed by atoms with van der Waals surface area (Å²) in [5.41, 5.74) is 0.0439. The van der Waals surface area contributed by atoms with Gasteiger partial charge in [0.05, 0.1) is 11.3 Å². The first kappa shape index (κ1) is 15.7. The molecule has 0 saturated heterocycles. The molecular weight excluding hydrogens is 316 g/mol. The second-order valence-corrected chi connectivity index (χ2v) is 5.56. The summed E-state index contributed by atoms with van der Waals surface area (Å²) in [6.07, 6.45) is 5.94. The molecule has 3 rings (SSSR count). The van der Waals surface area contributed by atoms with E-state index in [0.29, 0.717) is 0 Å². The van der Waals surface area contributed by atoms with Gasteiger partial charge in [-0.3, -0.25) is 14.9 Å². The molecule has 1 saturated carbocycles. The standard InChI is InChI=1S/C15H14N4O5/c20-14(17-13(15(21)22)9-1-2-9)10-3-4-11(12(7-10)19(23)24)18-6-5-16-8-18/h3-9,13H,1-2H2,(H,17,20)(H,21,22). The highest BCUT2D eigenvalue weighted by Gasteiger charge is 2.37. The molecular formula is C15H14N4O5. The van der Waals surface area contributed by atoms with Crippen LogP contribution in [-0.4, -0.2) is 37.5 Å². The molecule has 2 N–H and O–H groups in total. The van der Waals surface area contributed by atoms with Crippen molar-refractivity contribution in [3.05, 3.63) is 52.6 Å². The third-order valence-corrected chi connectivity index (χ3v) is 3.86. The monoisotopic (exact) mass is 330 g/mol. The Morgan fingerprint density at radius 1 is 1.42 bits per heavy atom. The van der Waals surface area contributed by atoms with Crippen LogP contribution in [0.1, 0.15) is 23.2 Å². The first-order chi connectivity index (χ1) is 11.5. The minimum Gasteiger partial charge on any atom is -0.480 e. The molecule has 0 spiro atoms. The molecule has 9 heteroatoms. The highest BCUT2D eigenvalue weighted by atomic mass is 16.6. The van der Waals surface area contributed by atoms with Crippen LogP contribution in [0.15, 0.2) is 36.9 Å². The van der Waals surface area contributed by atoms with Gasteiger partial charge < -0.3 is 15.0 Å². The van der Waals surface area contributed by atoms with Crippen molar-refractivity contribution in [2.24, 2.45) is 5.92 Å². The molecule has 0 bridgehead atoms. The van der Waals surface area contributed by atoms with Gasteiger partial charge in [0.25, 0.3) is 11.6 Å². The average Bonchev–Trinajstić information content (AvgIpc) is 3.24. The molecule has 1 aliphatic carbocycles. The van der Waals surface area contributed by atoms with Crippen molar-refractivity contribution in [1.82, 2.24) is 14.9 Å². The van der Waals surface area contributed by atoms with E-state index in [9.17, 15) is 19.7 Å². The minimum atomic E-state index is -1.10. The number of aromatic nitrogens is 2. The molecule has 124 valence electrons. The van der Waals surface area contributed by atoms with Crippen LogP contribution in [0.25, 0.3) is 5.69 Å². The maximum absolute atomic E-state index is 12.2. The average molecular weight is 330 g/mol. The molecule has 1 fully saturated rings. The van der Waals surface area contributed by atoms with Crippen LogP contribution in [0.2, 0.25) is 0 Å². The van der Waals surface area contributed by atoms with E-state index in [4.69, 9.17) is 5.11 Å². The minimum absolute atomic E-state index is 0.0393. The Kier molecular flexibility index (Phi) is 3.98. The summed E-state index contributed by atoms with van der Waals surface area (Å²) in [4.78, 5) is 38.0. The molecule has 1 amide bonds. The van der Waals surface area contributed by atoms with Gasteiger partial charge in [-0.2, -0.15) is 0 Å². The number of nitrogens with one attached hydrogen (secondary N) is 1. The predicted molar refractivity (Wildman–Crippen MR) is 81.8 cm³/mol. The number of aliphatic carboxylic acids is 1. The fourth-order valence-corrected chi connectivity index (χ4v) is 2.47. The largest absolute Gasteiger partial charge is 0.480 e. The van der Waals surface area contributed by atoms with E-state index in [0.717, 1.165) is 18.9 Å². The Morgan fingerprint density at radius 2 is 2.17 bits per heavy atom. The highest BCUT2D eigenvalue weighted by Crippen LogP contribution is 2.33. The van der Waals surface area contributed by atoms with Crippen LogP contribution in [0.3, 0.4) is 0 Å². The fraction of sp³-hybridized carbons (Fsp3) is 0.267. The molecule has 0 radical (unpaired) electrons. The quantitative estimate of drug-likeness (QED) is 0.608. The second kappa shape index (κ2) is 6.11. The lowest BCUT2D eigenvalue weighted by Crippen LogP contribution is -2.42. The molecule has 1 heterocycles. The number of carboxylic acid groups (broad SMARTS) is 1. The van der Waals surface area contributed by atoms with Crippen molar-refractivity contribution in [2.45, 2.75) is 18.9 Å². The van der Waals surface area contributed by atoms with Crippen molar-refractivity contribution < 1.29 is 19.6 Å². The Labute approximate surface area is 136 Å². The zero-order chi connectivity index (χ0) is 17.3. The summed E-state index contributed by atoms with van der Waals surface area (Å²) in [6, 6.07) is 3.02. The van der Waals surface area contributed by atoms with E-state index in [1.54, 1.807) is 6.20 Å². The summed E-state index contributed by atoms with van der Waals surface area (Å²) in [5, 5.41) is 22.9. The van der Waals surface area contributed by atoms with E-state index in [2.05, 4.69) is 10.3 Å². The number of hydrogen-bond acceptors (Lipinski definition) is 5. The fourth-order valence-electron chi connectivity index (χ4n) is 2.47. The molecule has 24 heavy (non-hydrogen) atoms. The molecule has 9 nitrogen and oxygen atoms in total. The number of imidazole rings is 1. The summed E-state index contributed by atoms with van der Waals surface area (Å²) in [6.45, 7) is 0. The lowest BCUT2D eigenvalue weighted by molar-refractivity contribution is -0.384. The maximum Gasteiger partial charge on any atom is 0.326 e. The Morgan fingerprint density at radius 3 is 2.71 bits per heavy atom. The third kappa shape index (κ3) is 3.09. The van der Waals surface area contributed by atoms with Crippen molar-refractivity contribution >= 4 is 17.6 Å². The summed E-state index contributed by atoms with van der Waals surface area (Å²) < 4.78 is 1.46. The van der Waals surface area contributed by atoms with Crippen molar-refractivity contribution in [3.63, 3.8) is 0 Å². The number of rotatable bonds is 6. The molecule has 1 atom stereocenters. The van der Waals surface area contributed by atoms with Gasteiger partial charge in [-0.25, -0.2) is 9.78 Å². The van der Waals surface area contributed by atoms with Gasteiger partial charge >= 0.3 is 5.97 Å². The normalized spacial score (nSPS) is 14.8. The van der Waals surface area contributed by atoms with Crippen LogP contribution in [0.5, 0.6) is 0 Å². The summed E-state index contributed by atoms with van der Waals surface area (Å²) >= 11 is 0. The third-order valence-electron chi connectivity index (χ3n) is 3.86. The smallest absolute Gasteiger partial charge is 0.326 e. The number of nitro groups is 1. The van der Waals surface area contributed by atoms with Gasteiger partial charge in [0.2, 0.25) is 0 Å². The van der Waals surface area contributed by atoms with Gasteiger partial charge in [0.1, 0.15) is 11.7 Å². The highest BCUT2D eigenvalue weighted by molar-refractivity contribution is 5.97. The Hall–Kier alpha value is -3.23. The zero-order valence-electron chi connectivity index (χ0n) is 12.5. The number of benzene rings is 1. The molecule has 1 unspecified atom stereocenters. The van der Waals surface area contributed by atoms with Crippen LogP contribution in [-0.2, 0) is 4.79 Å². The summed E-state index contributed by atoms with van der Waals surface area (Å²) in [5.74, 6) is -1.82. The number of amides is 1. The van der Waals surface area contributed by atoms with Crippen LogP contribution < -0.4 is 5.32 Å². The second-order valence-electron chi connectivity index (χ2n) is 5.56. The predicted octanol–water partition coefficient (Wildman–Crippen LogP) is 1.37. The lowest BCUT2D eigenvalue weighted by atomic mass is 10.1. The van der Waals surface area contributed by atoms with E-state index >= 15 is 0 Å². The van der Waals surface area contributed by atoms with Crippen molar-refractivity contribution in [2.75, 3.05) is 0 Å². The number of nitro benzene ring substituents is 1. The van der Waals surface area contributed by atoms with E-state index < -0.39 is 22.8 Å². The van der Waals surface area contributed by atoms with E-state index in [-0.39, 0.29) is 22.9 Å². The number of carbonyl (C=O) groups excluding carboxylic acids is 1. The van der Waals surface area contributed by atoms with E-state index in [1.165, 1.54) is 29.2 Å². The maximum atomic E-state index is 12.2. The molecule has 1 aromatic carbocycles. The Balaban J connectivity index is 1.88.